The van der Waals surface area contributed by atoms with Crippen molar-refractivity contribution in [3.63, 3.8) is 0 Å². The Balaban J connectivity index is 1.95. The molecule has 1 aromatic rings. The zero-order valence-corrected chi connectivity index (χ0v) is 10.8. The van der Waals surface area contributed by atoms with E-state index in [0.29, 0.717) is 18.7 Å². The van der Waals surface area contributed by atoms with E-state index in [4.69, 9.17) is 22.1 Å². The lowest BCUT2D eigenvalue weighted by Gasteiger charge is -2.33. The number of nitrogens with one attached hydrogen (secondary N) is 1. The van der Waals surface area contributed by atoms with Gasteiger partial charge in [-0.3, -0.25) is 0 Å². The summed E-state index contributed by atoms with van der Waals surface area (Å²) in [7, 11) is 0. The van der Waals surface area contributed by atoms with Gasteiger partial charge in [0, 0.05) is 29.2 Å². The molecule has 0 spiro atoms. The molecule has 0 atom stereocenters. The third kappa shape index (κ3) is 3.35. The first kappa shape index (κ1) is 12.7. The molecular formula is C13H19ClN2O. The highest BCUT2D eigenvalue weighted by Crippen LogP contribution is 2.24. The monoisotopic (exact) mass is 254 g/mol. The highest BCUT2D eigenvalue weighted by atomic mass is 35.5. The minimum absolute atomic E-state index is 0.373. The molecule has 0 unspecified atom stereocenters. The summed E-state index contributed by atoms with van der Waals surface area (Å²) in [6, 6.07) is 6.65. The van der Waals surface area contributed by atoms with Gasteiger partial charge in [0.05, 0.1) is 6.61 Å². The molecule has 1 aromatic carbocycles. The largest absolute Gasteiger partial charge is 0.494 e. The van der Waals surface area contributed by atoms with Crippen LogP contribution in [0.5, 0.6) is 5.75 Å². The van der Waals surface area contributed by atoms with Crippen LogP contribution in [-0.4, -0.2) is 18.7 Å². The maximum atomic E-state index is 6.00. The molecule has 1 aliphatic rings. The number of hydrogen-bond acceptors (Lipinski definition) is 3. The Morgan fingerprint density at radius 3 is 2.88 bits per heavy atom. The van der Waals surface area contributed by atoms with Crippen molar-refractivity contribution >= 4 is 11.6 Å². The van der Waals surface area contributed by atoms with Gasteiger partial charge in [-0.05, 0) is 38.0 Å². The van der Waals surface area contributed by atoms with Crippen molar-refractivity contribution in [3.05, 3.63) is 28.8 Å². The fraction of sp³-hybridized carbons (Fsp3) is 0.538. The highest BCUT2D eigenvalue weighted by molar-refractivity contribution is 6.30. The van der Waals surface area contributed by atoms with Gasteiger partial charge >= 0.3 is 0 Å². The van der Waals surface area contributed by atoms with E-state index in [1.807, 2.05) is 25.1 Å². The van der Waals surface area contributed by atoms with Crippen molar-refractivity contribution < 1.29 is 4.74 Å². The number of nitrogens with two attached hydrogens (primary N) is 1. The molecule has 2 rings (SSSR count). The van der Waals surface area contributed by atoms with Gasteiger partial charge in [0.1, 0.15) is 5.75 Å². The molecule has 0 radical (unpaired) electrons. The van der Waals surface area contributed by atoms with Gasteiger partial charge in [0.2, 0.25) is 0 Å². The van der Waals surface area contributed by atoms with E-state index in [-0.39, 0.29) is 0 Å². The standard InChI is InChI=1S/C13H19ClN2O/c1-2-17-13-4-3-10(14)5-9(13)8-16-12-6-11(15)7-12/h3-5,11-12,16H,2,6-8,15H2,1H3. The second-order valence-corrected chi connectivity index (χ2v) is 4.93. The van der Waals surface area contributed by atoms with Crippen molar-refractivity contribution in [3.8, 4) is 5.75 Å². The third-order valence-corrected chi connectivity index (χ3v) is 3.31. The first-order valence-electron chi connectivity index (χ1n) is 6.09. The summed E-state index contributed by atoms with van der Waals surface area (Å²) in [6.07, 6.45) is 2.12. The summed E-state index contributed by atoms with van der Waals surface area (Å²) < 4.78 is 5.57. The number of hydrogen-bond donors (Lipinski definition) is 2. The number of rotatable bonds is 5. The van der Waals surface area contributed by atoms with Gasteiger partial charge in [0.25, 0.3) is 0 Å². The van der Waals surface area contributed by atoms with Crippen LogP contribution in [0, 0.1) is 0 Å². The van der Waals surface area contributed by atoms with Crippen LogP contribution in [0.15, 0.2) is 18.2 Å². The minimum atomic E-state index is 0.373. The van der Waals surface area contributed by atoms with Gasteiger partial charge in [-0.15, -0.1) is 0 Å². The molecule has 0 bridgehead atoms. The van der Waals surface area contributed by atoms with E-state index in [1.165, 1.54) is 0 Å². The van der Waals surface area contributed by atoms with E-state index < -0.39 is 0 Å². The number of ether oxygens (including phenoxy) is 1. The zero-order valence-electron chi connectivity index (χ0n) is 10.1. The average molecular weight is 255 g/mol. The van der Waals surface area contributed by atoms with Gasteiger partial charge < -0.3 is 15.8 Å². The fourth-order valence-electron chi connectivity index (χ4n) is 2.07. The molecule has 17 heavy (non-hydrogen) atoms. The lowest BCUT2D eigenvalue weighted by molar-refractivity contribution is 0.287. The average Bonchev–Trinajstić information content (AvgIpc) is 2.26. The quantitative estimate of drug-likeness (QED) is 0.848. The van der Waals surface area contributed by atoms with Crippen molar-refractivity contribution in [2.24, 2.45) is 5.73 Å². The highest BCUT2D eigenvalue weighted by Gasteiger charge is 2.25. The first-order valence-corrected chi connectivity index (χ1v) is 6.47. The molecule has 0 aliphatic heterocycles. The Morgan fingerprint density at radius 2 is 2.24 bits per heavy atom. The van der Waals surface area contributed by atoms with E-state index in [9.17, 15) is 0 Å². The summed E-state index contributed by atoms with van der Waals surface area (Å²) in [5.41, 5.74) is 6.86. The van der Waals surface area contributed by atoms with E-state index in [1.54, 1.807) is 0 Å². The third-order valence-electron chi connectivity index (χ3n) is 3.08. The Hall–Kier alpha value is -0.770. The molecule has 0 saturated heterocycles. The molecule has 1 saturated carbocycles. The summed E-state index contributed by atoms with van der Waals surface area (Å²) in [5.74, 6) is 0.910. The van der Waals surface area contributed by atoms with Crippen LogP contribution in [0.3, 0.4) is 0 Å². The predicted molar refractivity (Wildman–Crippen MR) is 70.5 cm³/mol. The van der Waals surface area contributed by atoms with Crippen molar-refractivity contribution in [1.82, 2.24) is 5.32 Å². The molecule has 0 heterocycles. The van der Waals surface area contributed by atoms with Crippen LogP contribution in [0.25, 0.3) is 0 Å². The molecular weight excluding hydrogens is 236 g/mol. The second kappa shape index (κ2) is 5.71. The topological polar surface area (TPSA) is 47.3 Å². The maximum Gasteiger partial charge on any atom is 0.123 e. The molecule has 1 fully saturated rings. The van der Waals surface area contributed by atoms with E-state index in [2.05, 4.69) is 5.32 Å². The molecule has 3 nitrogen and oxygen atoms in total. The number of benzene rings is 1. The van der Waals surface area contributed by atoms with Crippen LogP contribution >= 0.6 is 11.6 Å². The van der Waals surface area contributed by atoms with Crippen LogP contribution in [0.1, 0.15) is 25.3 Å². The van der Waals surface area contributed by atoms with Crippen molar-refractivity contribution in [1.29, 1.82) is 0 Å². The van der Waals surface area contributed by atoms with Crippen LogP contribution < -0.4 is 15.8 Å². The summed E-state index contributed by atoms with van der Waals surface area (Å²) in [5, 5.41) is 4.22. The lowest BCUT2D eigenvalue weighted by Crippen LogP contribution is -2.48. The maximum absolute atomic E-state index is 6.00. The van der Waals surface area contributed by atoms with Crippen LogP contribution in [0.4, 0.5) is 0 Å². The molecule has 4 heteroatoms. The molecule has 3 N–H and O–H groups in total. The molecule has 94 valence electrons. The second-order valence-electron chi connectivity index (χ2n) is 4.49. The molecule has 0 aromatic heterocycles. The Kier molecular flexibility index (Phi) is 4.26. The Labute approximate surface area is 107 Å². The van der Waals surface area contributed by atoms with E-state index >= 15 is 0 Å². The first-order chi connectivity index (χ1) is 8.19. The zero-order chi connectivity index (χ0) is 12.3. The van der Waals surface area contributed by atoms with Crippen molar-refractivity contribution in [2.45, 2.75) is 38.4 Å². The van der Waals surface area contributed by atoms with Crippen LogP contribution in [-0.2, 0) is 6.54 Å². The van der Waals surface area contributed by atoms with Crippen LogP contribution in [0.2, 0.25) is 5.02 Å². The van der Waals surface area contributed by atoms with Gasteiger partial charge in [-0.25, -0.2) is 0 Å². The Bertz CT molecular complexity index is 378. The van der Waals surface area contributed by atoms with Gasteiger partial charge in [-0.1, -0.05) is 11.6 Å². The number of halogens is 1. The SMILES string of the molecule is CCOc1ccc(Cl)cc1CNC1CC(N)C1. The lowest BCUT2D eigenvalue weighted by atomic mass is 9.87. The van der Waals surface area contributed by atoms with Gasteiger partial charge in [0.15, 0.2) is 0 Å². The van der Waals surface area contributed by atoms with Gasteiger partial charge in [-0.2, -0.15) is 0 Å². The summed E-state index contributed by atoms with van der Waals surface area (Å²) >= 11 is 6.00. The van der Waals surface area contributed by atoms with E-state index in [0.717, 1.165) is 35.7 Å². The normalized spacial score (nSPS) is 23.2. The smallest absolute Gasteiger partial charge is 0.123 e. The summed E-state index contributed by atoms with van der Waals surface area (Å²) in [4.78, 5) is 0. The molecule has 1 aliphatic carbocycles. The predicted octanol–water partition coefficient (Wildman–Crippen LogP) is 2.32. The minimum Gasteiger partial charge on any atom is -0.494 e. The summed E-state index contributed by atoms with van der Waals surface area (Å²) in [6.45, 7) is 3.44. The molecule has 0 amide bonds. The van der Waals surface area contributed by atoms with Crippen molar-refractivity contribution in [2.75, 3.05) is 6.61 Å². The fourth-order valence-corrected chi connectivity index (χ4v) is 2.26. The Morgan fingerprint density at radius 1 is 1.47 bits per heavy atom.